The van der Waals surface area contributed by atoms with Crippen molar-refractivity contribution in [3.8, 4) is 11.8 Å². The van der Waals surface area contributed by atoms with E-state index in [1.807, 2.05) is 19.1 Å². The first-order valence-corrected chi connectivity index (χ1v) is 5.62. The van der Waals surface area contributed by atoms with E-state index in [0.29, 0.717) is 17.9 Å². The maximum atomic E-state index is 8.95. The predicted molar refractivity (Wildman–Crippen MR) is 65.7 cm³/mol. The van der Waals surface area contributed by atoms with Crippen molar-refractivity contribution in [2.24, 2.45) is 0 Å². The molecule has 1 unspecified atom stereocenters. The molecule has 4 nitrogen and oxygen atoms in total. The molecule has 17 heavy (non-hydrogen) atoms. The van der Waals surface area contributed by atoms with Gasteiger partial charge in [-0.25, -0.2) is 0 Å². The van der Waals surface area contributed by atoms with E-state index in [9.17, 15) is 0 Å². The molecule has 0 aromatic heterocycles. The second-order valence-corrected chi connectivity index (χ2v) is 3.94. The Morgan fingerprint density at radius 2 is 2.29 bits per heavy atom. The Kier molecular flexibility index (Phi) is 5.47. The van der Waals surface area contributed by atoms with E-state index < -0.39 is 0 Å². The van der Waals surface area contributed by atoms with Crippen LogP contribution in [0.4, 0.5) is 0 Å². The summed E-state index contributed by atoms with van der Waals surface area (Å²) in [5, 5.41) is 21.0. The van der Waals surface area contributed by atoms with Crippen LogP contribution in [0.1, 0.15) is 24.5 Å². The number of rotatable bonds is 6. The fourth-order valence-corrected chi connectivity index (χ4v) is 1.54. The van der Waals surface area contributed by atoms with Crippen LogP contribution in [0.5, 0.6) is 5.75 Å². The smallest absolute Gasteiger partial charge is 0.136 e. The number of nitrogens with one attached hydrogen (secondary N) is 1. The number of nitrogens with zero attached hydrogens (tertiary/aromatic N) is 1. The summed E-state index contributed by atoms with van der Waals surface area (Å²) < 4.78 is 5.08. The van der Waals surface area contributed by atoms with Crippen molar-refractivity contribution in [3.63, 3.8) is 0 Å². The van der Waals surface area contributed by atoms with Crippen LogP contribution in [0.2, 0.25) is 0 Å². The third kappa shape index (κ3) is 4.06. The third-order valence-corrected chi connectivity index (χ3v) is 2.60. The molecule has 0 saturated carbocycles. The molecule has 0 aliphatic carbocycles. The SMILES string of the molecule is COc1ccc(CNC(C)CCO)cc1C#N. The number of hydrogen-bond donors (Lipinski definition) is 2. The first-order valence-electron chi connectivity index (χ1n) is 5.62. The molecule has 0 saturated heterocycles. The molecule has 1 rings (SSSR count). The van der Waals surface area contributed by atoms with Gasteiger partial charge < -0.3 is 15.2 Å². The zero-order chi connectivity index (χ0) is 12.7. The summed E-state index contributed by atoms with van der Waals surface area (Å²) in [5.41, 5.74) is 1.58. The molecule has 0 spiro atoms. The quantitative estimate of drug-likeness (QED) is 0.781. The molecule has 0 aliphatic heterocycles. The van der Waals surface area contributed by atoms with Crippen LogP contribution in [-0.4, -0.2) is 24.9 Å². The topological polar surface area (TPSA) is 65.3 Å². The monoisotopic (exact) mass is 234 g/mol. The Labute approximate surface area is 102 Å². The van der Waals surface area contributed by atoms with Crippen molar-refractivity contribution in [2.75, 3.05) is 13.7 Å². The Balaban J connectivity index is 2.64. The van der Waals surface area contributed by atoms with Gasteiger partial charge in [-0.1, -0.05) is 6.07 Å². The highest BCUT2D eigenvalue weighted by Crippen LogP contribution is 2.18. The summed E-state index contributed by atoms with van der Waals surface area (Å²) in [6.07, 6.45) is 0.723. The molecule has 2 N–H and O–H groups in total. The predicted octanol–water partition coefficient (Wildman–Crippen LogP) is 1.43. The van der Waals surface area contributed by atoms with Crippen LogP contribution in [-0.2, 0) is 6.54 Å². The van der Waals surface area contributed by atoms with Gasteiger partial charge in [0.15, 0.2) is 0 Å². The van der Waals surface area contributed by atoms with Gasteiger partial charge in [0.05, 0.1) is 12.7 Å². The van der Waals surface area contributed by atoms with E-state index >= 15 is 0 Å². The van der Waals surface area contributed by atoms with E-state index in [2.05, 4.69) is 11.4 Å². The minimum absolute atomic E-state index is 0.181. The van der Waals surface area contributed by atoms with Crippen LogP contribution in [0.15, 0.2) is 18.2 Å². The van der Waals surface area contributed by atoms with Crippen LogP contribution in [0, 0.1) is 11.3 Å². The van der Waals surface area contributed by atoms with E-state index in [1.165, 1.54) is 0 Å². The third-order valence-electron chi connectivity index (χ3n) is 2.60. The summed E-state index contributed by atoms with van der Waals surface area (Å²) >= 11 is 0. The molecule has 1 aromatic rings. The Bertz CT molecular complexity index is 399. The van der Waals surface area contributed by atoms with Gasteiger partial charge in [0.2, 0.25) is 0 Å². The van der Waals surface area contributed by atoms with E-state index in [-0.39, 0.29) is 12.6 Å². The van der Waals surface area contributed by atoms with E-state index in [0.717, 1.165) is 12.0 Å². The van der Waals surface area contributed by atoms with Crippen molar-refractivity contribution in [3.05, 3.63) is 29.3 Å². The van der Waals surface area contributed by atoms with Crippen molar-refractivity contribution >= 4 is 0 Å². The number of aliphatic hydroxyl groups is 1. The lowest BCUT2D eigenvalue weighted by Gasteiger charge is -2.12. The summed E-state index contributed by atoms with van der Waals surface area (Å²) in [4.78, 5) is 0. The Morgan fingerprint density at radius 1 is 1.53 bits per heavy atom. The van der Waals surface area contributed by atoms with Crippen LogP contribution >= 0.6 is 0 Å². The van der Waals surface area contributed by atoms with E-state index in [1.54, 1.807) is 13.2 Å². The van der Waals surface area contributed by atoms with Crippen LogP contribution in [0.25, 0.3) is 0 Å². The molecule has 0 heterocycles. The minimum Gasteiger partial charge on any atom is -0.495 e. The van der Waals surface area contributed by atoms with Gasteiger partial charge in [-0.3, -0.25) is 0 Å². The minimum atomic E-state index is 0.181. The molecule has 0 aliphatic rings. The van der Waals surface area contributed by atoms with Gasteiger partial charge in [-0.15, -0.1) is 0 Å². The second kappa shape index (κ2) is 6.89. The van der Waals surface area contributed by atoms with Crippen LogP contribution in [0.3, 0.4) is 0 Å². The lowest BCUT2D eigenvalue weighted by atomic mass is 10.1. The maximum absolute atomic E-state index is 8.95. The van der Waals surface area contributed by atoms with Gasteiger partial charge in [0.25, 0.3) is 0 Å². The summed E-state index contributed by atoms with van der Waals surface area (Å²) in [6, 6.07) is 7.91. The highest BCUT2D eigenvalue weighted by Gasteiger charge is 2.05. The number of benzene rings is 1. The van der Waals surface area contributed by atoms with Gasteiger partial charge in [0, 0.05) is 19.2 Å². The molecule has 92 valence electrons. The summed E-state index contributed by atoms with van der Waals surface area (Å²) in [7, 11) is 1.55. The molecule has 0 bridgehead atoms. The normalized spacial score (nSPS) is 11.9. The van der Waals surface area contributed by atoms with E-state index in [4.69, 9.17) is 15.1 Å². The largest absolute Gasteiger partial charge is 0.495 e. The van der Waals surface area contributed by atoms with Crippen LogP contribution < -0.4 is 10.1 Å². The first kappa shape index (κ1) is 13.5. The standard InChI is InChI=1S/C13H18N2O2/c1-10(5-6-16)15-9-11-3-4-13(17-2)12(7-11)8-14/h3-4,7,10,15-16H,5-6,9H2,1-2H3. The van der Waals surface area contributed by atoms with Crippen molar-refractivity contribution in [1.82, 2.24) is 5.32 Å². The van der Waals surface area contributed by atoms with Crippen molar-refractivity contribution in [1.29, 1.82) is 5.26 Å². The number of aliphatic hydroxyl groups excluding tert-OH is 1. The molecule has 0 fully saturated rings. The Hall–Kier alpha value is -1.57. The summed E-state index contributed by atoms with van der Waals surface area (Å²) in [5.74, 6) is 0.597. The summed E-state index contributed by atoms with van der Waals surface area (Å²) in [6.45, 7) is 2.88. The number of ether oxygens (including phenoxy) is 1. The van der Waals surface area contributed by atoms with Crippen molar-refractivity contribution < 1.29 is 9.84 Å². The first-order chi connectivity index (χ1) is 8.21. The highest BCUT2D eigenvalue weighted by molar-refractivity contribution is 5.45. The zero-order valence-electron chi connectivity index (χ0n) is 10.2. The zero-order valence-corrected chi connectivity index (χ0v) is 10.2. The fraction of sp³-hybridized carbons (Fsp3) is 0.462. The average Bonchev–Trinajstić information content (AvgIpc) is 2.36. The van der Waals surface area contributed by atoms with Gasteiger partial charge in [-0.05, 0) is 31.0 Å². The van der Waals surface area contributed by atoms with Gasteiger partial charge in [0.1, 0.15) is 11.8 Å². The fourth-order valence-electron chi connectivity index (χ4n) is 1.54. The molecular weight excluding hydrogens is 216 g/mol. The molecule has 0 amide bonds. The molecule has 0 radical (unpaired) electrons. The number of methoxy groups -OCH3 is 1. The molecule has 1 atom stereocenters. The second-order valence-electron chi connectivity index (χ2n) is 3.94. The molecular formula is C13H18N2O2. The molecule has 4 heteroatoms. The van der Waals surface area contributed by atoms with Crippen molar-refractivity contribution in [2.45, 2.75) is 25.9 Å². The number of nitriles is 1. The lowest BCUT2D eigenvalue weighted by Crippen LogP contribution is -2.26. The average molecular weight is 234 g/mol. The maximum Gasteiger partial charge on any atom is 0.136 e. The molecule has 1 aromatic carbocycles. The Morgan fingerprint density at radius 3 is 2.88 bits per heavy atom. The highest BCUT2D eigenvalue weighted by atomic mass is 16.5. The lowest BCUT2D eigenvalue weighted by molar-refractivity contribution is 0.268. The van der Waals surface area contributed by atoms with Gasteiger partial charge >= 0.3 is 0 Å². The number of hydrogen-bond acceptors (Lipinski definition) is 4. The van der Waals surface area contributed by atoms with Gasteiger partial charge in [-0.2, -0.15) is 5.26 Å².